The topological polar surface area (TPSA) is 79.6 Å². The standard InChI is InChI=1S/C24H21F2NO4/c25-20-13-23(21(26)12-18(20)8-11-24(28)29)31-14-16-6-9-19(10-7-16)30-15-22(27)17-4-2-1-3-5-17/h1-7,9-10,12-13,27H,8,11,14-15H2,(H,28,29). The van der Waals surface area contributed by atoms with Crippen molar-refractivity contribution in [3.8, 4) is 11.5 Å². The molecule has 0 saturated carbocycles. The van der Waals surface area contributed by atoms with E-state index in [9.17, 15) is 13.6 Å². The van der Waals surface area contributed by atoms with Crippen LogP contribution >= 0.6 is 0 Å². The van der Waals surface area contributed by atoms with Gasteiger partial charge in [-0.3, -0.25) is 4.79 Å². The Morgan fingerprint density at radius 1 is 0.935 bits per heavy atom. The number of aliphatic carboxylic acids is 1. The number of hydrogen-bond acceptors (Lipinski definition) is 4. The minimum atomic E-state index is -1.08. The van der Waals surface area contributed by atoms with Crippen molar-refractivity contribution in [3.63, 3.8) is 0 Å². The second-order valence-corrected chi connectivity index (χ2v) is 6.83. The van der Waals surface area contributed by atoms with Gasteiger partial charge >= 0.3 is 5.97 Å². The number of carboxylic acids is 1. The third-order valence-corrected chi connectivity index (χ3v) is 4.53. The van der Waals surface area contributed by atoms with Crippen molar-refractivity contribution in [1.82, 2.24) is 0 Å². The number of aryl methyl sites for hydroxylation is 1. The van der Waals surface area contributed by atoms with Crippen LogP contribution in [0.4, 0.5) is 8.78 Å². The SMILES string of the molecule is N=C(COc1ccc(COc2cc(F)c(CCC(=O)O)cc2F)cc1)c1ccccc1. The third-order valence-electron chi connectivity index (χ3n) is 4.53. The van der Waals surface area contributed by atoms with Crippen molar-refractivity contribution in [1.29, 1.82) is 5.41 Å². The molecule has 0 spiro atoms. The van der Waals surface area contributed by atoms with Crippen LogP contribution in [0.25, 0.3) is 0 Å². The van der Waals surface area contributed by atoms with Crippen LogP contribution in [0.1, 0.15) is 23.1 Å². The highest BCUT2D eigenvalue weighted by molar-refractivity contribution is 5.99. The fourth-order valence-corrected chi connectivity index (χ4v) is 2.83. The lowest BCUT2D eigenvalue weighted by molar-refractivity contribution is -0.136. The molecular weight excluding hydrogens is 404 g/mol. The van der Waals surface area contributed by atoms with E-state index in [2.05, 4.69) is 0 Å². The summed E-state index contributed by atoms with van der Waals surface area (Å²) in [5, 5.41) is 16.7. The van der Waals surface area contributed by atoms with Gasteiger partial charge in [0.05, 0.1) is 5.71 Å². The predicted molar refractivity (Wildman–Crippen MR) is 112 cm³/mol. The number of carboxylic acid groups (broad SMARTS) is 1. The lowest BCUT2D eigenvalue weighted by atomic mass is 10.1. The average molecular weight is 425 g/mol. The van der Waals surface area contributed by atoms with Crippen LogP contribution in [-0.2, 0) is 17.8 Å². The van der Waals surface area contributed by atoms with Crippen molar-refractivity contribution in [2.45, 2.75) is 19.4 Å². The third kappa shape index (κ3) is 6.37. The van der Waals surface area contributed by atoms with Gasteiger partial charge in [0.15, 0.2) is 11.6 Å². The Morgan fingerprint density at radius 2 is 1.65 bits per heavy atom. The molecule has 0 fully saturated rings. The maximum absolute atomic E-state index is 14.2. The largest absolute Gasteiger partial charge is 0.487 e. The molecule has 31 heavy (non-hydrogen) atoms. The summed E-state index contributed by atoms with van der Waals surface area (Å²) in [7, 11) is 0. The lowest BCUT2D eigenvalue weighted by Gasteiger charge is -2.11. The monoisotopic (exact) mass is 425 g/mol. The van der Waals surface area contributed by atoms with E-state index in [4.69, 9.17) is 20.0 Å². The first kappa shape index (κ1) is 22.0. The summed E-state index contributed by atoms with van der Waals surface area (Å²) in [6, 6.07) is 18.1. The second-order valence-electron chi connectivity index (χ2n) is 6.83. The van der Waals surface area contributed by atoms with Crippen LogP contribution in [0.3, 0.4) is 0 Å². The van der Waals surface area contributed by atoms with Crippen LogP contribution in [0.2, 0.25) is 0 Å². The van der Waals surface area contributed by atoms with E-state index >= 15 is 0 Å². The molecule has 3 rings (SSSR count). The maximum Gasteiger partial charge on any atom is 0.303 e. The number of halogens is 2. The maximum atomic E-state index is 14.2. The zero-order chi connectivity index (χ0) is 22.2. The Bertz CT molecular complexity index is 1050. The smallest absolute Gasteiger partial charge is 0.303 e. The molecule has 0 heterocycles. The van der Waals surface area contributed by atoms with E-state index in [0.29, 0.717) is 11.5 Å². The van der Waals surface area contributed by atoms with Gasteiger partial charge in [-0.15, -0.1) is 0 Å². The number of ether oxygens (including phenoxy) is 2. The highest BCUT2D eigenvalue weighted by atomic mass is 19.1. The number of hydrogen-bond donors (Lipinski definition) is 2. The van der Waals surface area contributed by atoms with E-state index in [1.54, 1.807) is 24.3 Å². The summed E-state index contributed by atoms with van der Waals surface area (Å²) >= 11 is 0. The van der Waals surface area contributed by atoms with E-state index in [1.807, 2.05) is 30.3 Å². The van der Waals surface area contributed by atoms with Crippen molar-refractivity contribution < 1.29 is 28.2 Å². The number of nitrogens with one attached hydrogen (secondary N) is 1. The molecule has 0 aliphatic carbocycles. The van der Waals surface area contributed by atoms with Crippen molar-refractivity contribution in [3.05, 3.63) is 95.1 Å². The van der Waals surface area contributed by atoms with Crippen molar-refractivity contribution in [2.24, 2.45) is 0 Å². The summed E-state index contributed by atoms with van der Waals surface area (Å²) in [6.45, 7) is 0.142. The molecule has 0 radical (unpaired) electrons. The van der Waals surface area contributed by atoms with Gasteiger partial charge in [-0.05, 0) is 41.3 Å². The first-order valence-electron chi connectivity index (χ1n) is 9.59. The lowest BCUT2D eigenvalue weighted by Crippen LogP contribution is -2.11. The molecule has 0 unspecified atom stereocenters. The average Bonchev–Trinajstić information content (AvgIpc) is 2.78. The van der Waals surface area contributed by atoms with E-state index in [0.717, 1.165) is 23.3 Å². The van der Waals surface area contributed by atoms with Gasteiger partial charge in [0, 0.05) is 12.5 Å². The molecule has 7 heteroatoms. The van der Waals surface area contributed by atoms with Crippen LogP contribution in [0, 0.1) is 17.0 Å². The molecule has 3 aromatic carbocycles. The first-order valence-corrected chi connectivity index (χ1v) is 9.59. The van der Waals surface area contributed by atoms with Crippen molar-refractivity contribution in [2.75, 3.05) is 6.61 Å². The Balaban J connectivity index is 1.54. The highest BCUT2D eigenvalue weighted by Crippen LogP contribution is 2.24. The molecule has 0 atom stereocenters. The fourth-order valence-electron chi connectivity index (χ4n) is 2.83. The summed E-state index contributed by atoms with van der Waals surface area (Å²) in [6.07, 6.45) is -0.378. The number of benzene rings is 3. The predicted octanol–water partition coefficient (Wildman–Crippen LogP) is 5.01. The van der Waals surface area contributed by atoms with Gasteiger partial charge in [-0.25, -0.2) is 8.78 Å². The Morgan fingerprint density at radius 3 is 2.32 bits per heavy atom. The minimum absolute atomic E-state index is 0.00479. The number of rotatable bonds is 10. The molecule has 0 amide bonds. The molecule has 0 aliphatic rings. The summed E-state index contributed by atoms with van der Waals surface area (Å²) in [5.74, 6) is -2.20. The van der Waals surface area contributed by atoms with Crippen molar-refractivity contribution >= 4 is 11.7 Å². The molecule has 5 nitrogen and oxygen atoms in total. The number of carbonyl (C=O) groups is 1. The quantitative estimate of drug-likeness (QED) is 0.448. The zero-order valence-electron chi connectivity index (χ0n) is 16.6. The molecule has 0 bridgehead atoms. The van der Waals surface area contributed by atoms with Gasteiger partial charge in [-0.2, -0.15) is 0 Å². The fraction of sp³-hybridized carbons (Fsp3) is 0.167. The van der Waals surface area contributed by atoms with Gasteiger partial charge in [-0.1, -0.05) is 42.5 Å². The molecular formula is C24H21F2NO4. The summed E-state index contributed by atoms with van der Waals surface area (Å²) in [4.78, 5) is 10.6. The van der Waals surface area contributed by atoms with Crippen LogP contribution in [-0.4, -0.2) is 23.4 Å². The summed E-state index contributed by atoms with van der Waals surface area (Å²) < 4.78 is 39.2. The van der Waals surface area contributed by atoms with Crippen LogP contribution in [0.5, 0.6) is 11.5 Å². The van der Waals surface area contributed by atoms with Gasteiger partial charge in [0.1, 0.15) is 24.8 Å². The van der Waals surface area contributed by atoms with Crippen LogP contribution < -0.4 is 9.47 Å². The molecule has 2 N–H and O–H groups in total. The van der Waals surface area contributed by atoms with Gasteiger partial charge in [0.25, 0.3) is 0 Å². The first-order chi connectivity index (χ1) is 14.9. The minimum Gasteiger partial charge on any atom is -0.487 e. The zero-order valence-corrected chi connectivity index (χ0v) is 16.6. The Labute approximate surface area is 178 Å². The van der Waals surface area contributed by atoms with Gasteiger partial charge in [0.2, 0.25) is 0 Å². The Kier molecular flexibility index (Phi) is 7.32. The normalized spacial score (nSPS) is 10.5. The highest BCUT2D eigenvalue weighted by Gasteiger charge is 2.12. The molecule has 0 saturated heterocycles. The second kappa shape index (κ2) is 10.3. The van der Waals surface area contributed by atoms with E-state index < -0.39 is 17.6 Å². The van der Waals surface area contributed by atoms with Crippen LogP contribution in [0.15, 0.2) is 66.7 Å². The molecule has 0 aromatic heterocycles. The molecule has 3 aromatic rings. The molecule has 0 aliphatic heterocycles. The van der Waals surface area contributed by atoms with E-state index in [1.165, 1.54) is 0 Å². The van der Waals surface area contributed by atoms with E-state index in [-0.39, 0.29) is 37.4 Å². The molecule has 160 valence electrons. The van der Waals surface area contributed by atoms with Gasteiger partial charge < -0.3 is 20.0 Å². The summed E-state index contributed by atoms with van der Waals surface area (Å²) in [5.41, 5.74) is 1.86. The Hall–Kier alpha value is -3.74.